The highest BCUT2D eigenvalue weighted by Gasteiger charge is 2.31. The molecule has 0 bridgehead atoms. The minimum absolute atomic E-state index is 0.246. The van der Waals surface area contributed by atoms with Gasteiger partial charge in [0.15, 0.2) is 0 Å². The molecule has 1 heterocycles. The van der Waals surface area contributed by atoms with Gasteiger partial charge in [-0.05, 0) is 46.7 Å². The van der Waals surface area contributed by atoms with Gasteiger partial charge in [0.2, 0.25) is 0 Å². The summed E-state index contributed by atoms with van der Waals surface area (Å²) in [5, 5.41) is 0. The summed E-state index contributed by atoms with van der Waals surface area (Å²) in [4.78, 5) is 13.8. The van der Waals surface area contributed by atoms with Crippen LogP contribution in [0.5, 0.6) is 0 Å². The van der Waals surface area contributed by atoms with E-state index in [0.717, 1.165) is 13.1 Å². The van der Waals surface area contributed by atoms with E-state index in [9.17, 15) is 4.79 Å². The lowest BCUT2D eigenvalue weighted by Crippen LogP contribution is -2.49. The summed E-state index contributed by atoms with van der Waals surface area (Å²) in [6, 6.07) is 0. The van der Waals surface area contributed by atoms with Crippen molar-refractivity contribution in [3.05, 3.63) is 0 Å². The molecule has 76 valence electrons. The van der Waals surface area contributed by atoms with Crippen LogP contribution in [0.3, 0.4) is 0 Å². The first kappa shape index (κ1) is 10.7. The molecule has 2 heteroatoms. The summed E-state index contributed by atoms with van der Waals surface area (Å²) in [7, 11) is 0. The third kappa shape index (κ3) is 2.53. The standard InChI is InChI=1S/C11H21NO/c1-10(13)11(2,3)12-8-6-4-5-7-9-12/h4-9H2,1-3H3. The van der Waals surface area contributed by atoms with Gasteiger partial charge in [0.25, 0.3) is 0 Å². The Hall–Kier alpha value is -0.370. The first-order valence-corrected chi connectivity index (χ1v) is 5.31. The van der Waals surface area contributed by atoms with E-state index in [2.05, 4.69) is 4.90 Å². The Morgan fingerprint density at radius 2 is 1.54 bits per heavy atom. The van der Waals surface area contributed by atoms with Gasteiger partial charge >= 0.3 is 0 Å². The molecule has 1 fully saturated rings. The minimum Gasteiger partial charge on any atom is -0.298 e. The number of rotatable bonds is 2. The van der Waals surface area contributed by atoms with Crippen LogP contribution in [0.4, 0.5) is 0 Å². The normalized spacial score (nSPS) is 21.2. The van der Waals surface area contributed by atoms with Gasteiger partial charge in [0, 0.05) is 0 Å². The summed E-state index contributed by atoms with van der Waals surface area (Å²) in [5.41, 5.74) is -0.246. The second-order valence-electron chi connectivity index (χ2n) is 4.52. The molecule has 1 aliphatic rings. The molecule has 1 saturated heterocycles. The van der Waals surface area contributed by atoms with Gasteiger partial charge in [0.05, 0.1) is 5.54 Å². The molecular weight excluding hydrogens is 162 g/mol. The van der Waals surface area contributed by atoms with Crippen molar-refractivity contribution in [1.82, 2.24) is 4.90 Å². The van der Waals surface area contributed by atoms with Crippen LogP contribution < -0.4 is 0 Å². The molecule has 1 aliphatic heterocycles. The number of ketones is 1. The van der Waals surface area contributed by atoms with Gasteiger partial charge in [0.1, 0.15) is 5.78 Å². The molecule has 0 aliphatic carbocycles. The fourth-order valence-electron chi connectivity index (χ4n) is 1.85. The van der Waals surface area contributed by atoms with Crippen molar-refractivity contribution in [1.29, 1.82) is 0 Å². The number of carbonyl (C=O) groups is 1. The maximum Gasteiger partial charge on any atom is 0.149 e. The number of hydrogen-bond acceptors (Lipinski definition) is 2. The van der Waals surface area contributed by atoms with E-state index in [1.165, 1.54) is 25.7 Å². The predicted octanol–water partition coefficient (Wildman–Crippen LogP) is 2.23. The Kier molecular flexibility index (Phi) is 3.48. The van der Waals surface area contributed by atoms with Crippen LogP contribution in [-0.2, 0) is 4.79 Å². The highest BCUT2D eigenvalue weighted by Crippen LogP contribution is 2.20. The Morgan fingerprint density at radius 3 is 1.92 bits per heavy atom. The van der Waals surface area contributed by atoms with E-state index in [1.54, 1.807) is 6.92 Å². The lowest BCUT2D eigenvalue weighted by atomic mass is 9.97. The van der Waals surface area contributed by atoms with E-state index in [-0.39, 0.29) is 11.3 Å². The number of Topliss-reactive ketones (excluding diaryl/α,β-unsaturated/α-hetero) is 1. The molecule has 0 saturated carbocycles. The Bertz CT molecular complexity index is 179. The first-order valence-electron chi connectivity index (χ1n) is 5.31. The second kappa shape index (κ2) is 4.23. The van der Waals surface area contributed by atoms with Crippen molar-refractivity contribution in [3.8, 4) is 0 Å². The molecule has 2 nitrogen and oxygen atoms in total. The van der Waals surface area contributed by atoms with E-state index >= 15 is 0 Å². The molecule has 0 aromatic heterocycles. The third-order valence-electron chi connectivity index (χ3n) is 3.26. The van der Waals surface area contributed by atoms with Crippen molar-refractivity contribution in [2.75, 3.05) is 13.1 Å². The van der Waals surface area contributed by atoms with Crippen molar-refractivity contribution < 1.29 is 4.79 Å². The fraction of sp³-hybridized carbons (Fsp3) is 0.909. The maximum atomic E-state index is 11.4. The van der Waals surface area contributed by atoms with Crippen LogP contribution in [-0.4, -0.2) is 29.3 Å². The molecule has 0 aromatic carbocycles. The monoisotopic (exact) mass is 183 g/mol. The summed E-state index contributed by atoms with van der Waals surface area (Å²) in [5.74, 6) is 0.286. The van der Waals surface area contributed by atoms with E-state index < -0.39 is 0 Å². The second-order valence-corrected chi connectivity index (χ2v) is 4.52. The molecule has 0 aromatic rings. The molecule has 0 radical (unpaired) electrons. The van der Waals surface area contributed by atoms with Crippen molar-refractivity contribution in [2.24, 2.45) is 0 Å². The predicted molar refractivity (Wildman–Crippen MR) is 54.8 cm³/mol. The smallest absolute Gasteiger partial charge is 0.149 e. The van der Waals surface area contributed by atoms with Gasteiger partial charge in [-0.15, -0.1) is 0 Å². The summed E-state index contributed by atoms with van der Waals surface area (Å²) in [6.45, 7) is 7.96. The van der Waals surface area contributed by atoms with Gasteiger partial charge < -0.3 is 0 Å². The average molecular weight is 183 g/mol. The average Bonchev–Trinajstić information content (AvgIpc) is 2.31. The quantitative estimate of drug-likeness (QED) is 0.654. The van der Waals surface area contributed by atoms with E-state index in [1.807, 2.05) is 13.8 Å². The Labute approximate surface area is 81.3 Å². The van der Waals surface area contributed by atoms with Crippen LogP contribution in [0.2, 0.25) is 0 Å². The van der Waals surface area contributed by atoms with Crippen molar-refractivity contribution in [2.45, 2.75) is 52.0 Å². The van der Waals surface area contributed by atoms with Crippen LogP contribution in [0, 0.1) is 0 Å². The van der Waals surface area contributed by atoms with Crippen molar-refractivity contribution in [3.63, 3.8) is 0 Å². The molecule has 0 unspecified atom stereocenters. The summed E-state index contributed by atoms with van der Waals surface area (Å²) >= 11 is 0. The zero-order chi connectivity index (χ0) is 9.90. The maximum absolute atomic E-state index is 11.4. The zero-order valence-corrected chi connectivity index (χ0v) is 9.10. The zero-order valence-electron chi connectivity index (χ0n) is 9.10. The Morgan fingerprint density at radius 1 is 1.08 bits per heavy atom. The molecule has 0 amide bonds. The van der Waals surface area contributed by atoms with Gasteiger partial charge in [-0.2, -0.15) is 0 Å². The fourth-order valence-corrected chi connectivity index (χ4v) is 1.85. The van der Waals surface area contributed by atoms with Gasteiger partial charge in [-0.1, -0.05) is 12.8 Å². The molecule has 0 atom stereocenters. The van der Waals surface area contributed by atoms with Gasteiger partial charge in [-0.3, -0.25) is 9.69 Å². The number of hydrogen-bond donors (Lipinski definition) is 0. The summed E-state index contributed by atoms with van der Waals surface area (Å²) in [6.07, 6.45) is 5.14. The first-order chi connectivity index (χ1) is 6.05. The van der Waals surface area contributed by atoms with Crippen molar-refractivity contribution >= 4 is 5.78 Å². The third-order valence-corrected chi connectivity index (χ3v) is 3.26. The lowest BCUT2D eigenvalue weighted by molar-refractivity contribution is -0.127. The summed E-state index contributed by atoms with van der Waals surface area (Å²) < 4.78 is 0. The number of carbonyl (C=O) groups excluding carboxylic acids is 1. The number of likely N-dealkylation sites (tertiary alicyclic amines) is 1. The lowest BCUT2D eigenvalue weighted by Gasteiger charge is -2.35. The van der Waals surface area contributed by atoms with Crippen LogP contribution in [0.1, 0.15) is 46.5 Å². The number of nitrogens with zero attached hydrogens (tertiary/aromatic N) is 1. The minimum atomic E-state index is -0.246. The van der Waals surface area contributed by atoms with E-state index in [4.69, 9.17) is 0 Å². The highest BCUT2D eigenvalue weighted by molar-refractivity contribution is 5.85. The van der Waals surface area contributed by atoms with Gasteiger partial charge in [-0.25, -0.2) is 0 Å². The Balaban J connectivity index is 2.62. The highest BCUT2D eigenvalue weighted by atomic mass is 16.1. The van der Waals surface area contributed by atoms with Crippen LogP contribution in [0.15, 0.2) is 0 Å². The molecule has 0 spiro atoms. The van der Waals surface area contributed by atoms with E-state index in [0.29, 0.717) is 0 Å². The molecular formula is C11H21NO. The van der Waals surface area contributed by atoms with Crippen LogP contribution in [0.25, 0.3) is 0 Å². The van der Waals surface area contributed by atoms with Crippen LogP contribution >= 0.6 is 0 Å². The molecule has 13 heavy (non-hydrogen) atoms. The SMILES string of the molecule is CC(=O)C(C)(C)N1CCCCCC1. The topological polar surface area (TPSA) is 20.3 Å². The largest absolute Gasteiger partial charge is 0.298 e. The molecule has 1 rings (SSSR count). The molecule has 0 N–H and O–H groups in total.